The number of sulfone groups is 1. The van der Waals surface area contributed by atoms with Gasteiger partial charge in [0.05, 0.1) is 30.6 Å². The van der Waals surface area contributed by atoms with E-state index in [1.807, 2.05) is 24.3 Å². The zero-order valence-corrected chi connectivity index (χ0v) is 17.2. The maximum Gasteiger partial charge on any atom is 0.224 e. The lowest BCUT2D eigenvalue weighted by molar-refractivity contribution is -0.122. The third-order valence-electron chi connectivity index (χ3n) is 5.65. The zero-order chi connectivity index (χ0) is 20.5. The van der Waals surface area contributed by atoms with Gasteiger partial charge in [-0.3, -0.25) is 4.79 Å². The molecule has 4 rings (SSSR count). The molecule has 2 heterocycles. The number of benzene rings is 2. The second-order valence-electron chi connectivity index (χ2n) is 7.85. The zero-order valence-electron chi connectivity index (χ0n) is 16.4. The maximum absolute atomic E-state index is 12.7. The van der Waals surface area contributed by atoms with Crippen LogP contribution in [0, 0.1) is 0 Å². The second kappa shape index (κ2) is 7.80. The van der Waals surface area contributed by atoms with Crippen molar-refractivity contribution < 1.29 is 22.7 Å². The van der Waals surface area contributed by atoms with Crippen molar-refractivity contribution in [3.8, 4) is 5.75 Å². The summed E-state index contributed by atoms with van der Waals surface area (Å²) in [5.41, 5.74) is 1.46. The van der Waals surface area contributed by atoms with Crippen molar-refractivity contribution in [1.29, 1.82) is 0 Å². The Hall–Kier alpha value is -2.38. The van der Waals surface area contributed by atoms with Crippen molar-refractivity contribution in [2.24, 2.45) is 0 Å². The first-order valence-electron chi connectivity index (χ1n) is 9.79. The molecule has 1 spiro atoms. The third-order valence-corrected chi connectivity index (χ3v) is 6.78. The number of hydrogen-bond acceptors (Lipinski definition) is 5. The van der Waals surface area contributed by atoms with E-state index in [0.29, 0.717) is 19.6 Å². The summed E-state index contributed by atoms with van der Waals surface area (Å²) in [5.74, 6) is 0.726. The number of amides is 1. The van der Waals surface area contributed by atoms with Gasteiger partial charge in [0, 0.05) is 31.1 Å². The molecule has 1 atom stereocenters. The van der Waals surface area contributed by atoms with Crippen LogP contribution in [-0.4, -0.2) is 39.4 Å². The maximum atomic E-state index is 12.7. The monoisotopic (exact) mass is 415 g/mol. The molecule has 1 N–H and O–H groups in total. The van der Waals surface area contributed by atoms with E-state index in [1.54, 1.807) is 24.3 Å². The van der Waals surface area contributed by atoms with Crippen LogP contribution in [0.25, 0.3) is 0 Å². The molecular formula is C22H25NO5S. The molecule has 1 unspecified atom stereocenters. The molecule has 1 amide bonds. The highest BCUT2D eigenvalue weighted by molar-refractivity contribution is 7.90. The Labute approximate surface area is 171 Å². The molecule has 7 heteroatoms. The molecule has 2 aromatic rings. The summed E-state index contributed by atoms with van der Waals surface area (Å²) in [6, 6.07) is 14.2. The minimum atomic E-state index is -3.24. The Balaban J connectivity index is 1.49. The van der Waals surface area contributed by atoms with Gasteiger partial charge in [-0.2, -0.15) is 0 Å². The lowest BCUT2D eigenvalue weighted by Crippen LogP contribution is -2.48. The topological polar surface area (TPSA) is 81.7 Å². The normalized spacial score (nSPS) is 20.5. The van der Waals surface area contributed by atoms with Gasteiger partial charge >= 0.3 is 0 Å². The fraction of sp³-hybridized carbons (Fsp3) is 0.409. The molecular weight excluding hydrogens is 390 g/mol. The molecule has 2 aliphatic rings. The smallest absolute Gasteiger partial charge is 0.224 e. The van der Waals surface area contributed by atoms with Crippen molar-refractivity contribution >= 4 is 15.7 Å². The van der Waals surface area contributed by atoms with Crippen molar-refractivity contribution in [3.05, 3.63) is 59.7 Å². The highest BCUT2D eigenvalue weighted by Gasteiger charge is 2.42. The van der Waals surface area contributed by atoms with E-state index in [2.05, 4.69) is 5.32 Å². The van der Waals surface area contributed by atoms with Crippen LogP contribution in [0.2, 0.25) is 0 Å². The van der Waals surface area contributed by atoms with E-state index in [0.717, 1.165) is 29.7 Å². The first-order chi connectivity index (χ1) is 13.8. The molecule has 29 heavy (non-hydrogen) atoms. The van der Waals surface area contributed by atoms with Crippen LogP contribution in [0.4, 0.5) is 0 Å². The Bertz CT molecular complexity index is 994. The van der Waals surface area contributed by atoms with Crippen molar-refractivity contribution in [3.63, 3.8) is 0 Å². The summed E-state index contributed by atoms with van der Waals surface area (Å²) in [7, 11) is -3.24. The van der Waals surface area contributed by atoms with Gasteiger partial charge in [-0.05, 0) is 23.8 Å². The first-order valence-corrected chi connectivity index (χ1v) is 11.7. The fourth-order valence-corrected chi connectivity index (χ4v) is 4.71. The summed E-state index contributed by atoms with van der Waals surface area (Å²) in [4.78, 5) is 13.0. The average molecular weight is 416 g/mol. The van der Waals surface area contributed by atoms with Crippen LogP contribution in [0.3, 0.4) is 0 Å². The van der Waals surface area contributed by atoms with Crippen LogP contribution < -0.4 is 10.1 Å². The molecule has 2 aliphatic heterocycles. The summed E-state index contributed by atoms with van der Waals surface area (Å²) in [6.07, 6.45) is 3.69. The first kappa shape index (κ1) is 19.9. The van der Waals surface area contributed by atoms with E-state index >= 15 is 0 Å². The number of para-hydroxylation sites is 1. The minimum Gasteiger partial charge on any atom is -0.487 e. The van der Waals surface area contributed by atoms with Gasteiger partial charge in [-0.1, -0.05) is 30.3 Å². The Morgan fingerprint density at radius 3 is 2.48 bits per heavy atom. The molecule has 0 radical (unpaired) electrons. The molecule has 0 aromatic heterocycles. The van der Waals surface area contributed by atoms with E-state index in [-0.39, 0.29) is 28.9 Å². The van der Waals surface area contributed by atoms with E-state index in [4.69, 9.17) is 9.47 Å². The molecule has 1 saturated heterocycles. The van der Waals surface area contributed by atoms with E-state index in [9.17, 15) is 13.2 Å². The summed E-state index contributed by atoms with van der Waals surface area (Å²) >= 11 is 0. The fourth-order valence-electron chi connectivity index (χ4n) is 4.08. The molecule has 0 bridgehead atoms. The van der Waals surface area contributed by atoms with Gasteiger partial charge in [0.2, 0.25) is 5.91 Å². The van der Waals surface area contributed by atoms with Crippen LogP contribution in [0.5, 0.6) is 5.75 Å². The van der Waals surface area contributed by atoms with Gasteiger partial charge < -0.3 is 14.8 Å². The lowest BCUT2D eigenvalue weighted by Gasteiger charge is -2.44. The predicted molar refractivity (Wildman–Crippen MR) is 109 cm³/mol. The molecule has 1 fully saturated rings. The Kier molecular flexibility index (Phi) is 5.36. The average Bonchev–Trinajstić information content (AvgIpc) is 2.68. The quantitative estimate of drug-likeness (QED) is 0.830. The van der Waals surface area contributed by atoms with Crippen molar-refractivity contribution in [2.75, 3.05) is 19.5 Å². The standard InChI is InChI=1S/C22H25NO5S/c1-29(25,26)17-8-6-16(7-9-17)14-21(24)23-19-15-22(10-12-27-13-11-22)28-20-5-3-2-4-18(19)20/h2-9,19H,10-15H2,1H3,(H,23,24). The Morgan fingerprint density at radius 2 is 1.79 bits per heavy atom. The van der Waals surface area contributed by atoms with Crippen LogP contribution in [-0.2, 0) is 25.8 Å². The number of carbonyl (C=O) groups is 1. The van der Waals surface area contributed by atoms with Gasteiger partial charge in [-0.25, -0.2) is 8.42 Å². The largest absolute Gasteiger partial charge is 0.487 e. The number of hydrogen-bond donors (Lipinski definition) is 1. The van der Waals surface area contributed by atoms with Gasteiger partial charge in [0.1, 0.15) is 11.4 Å². The molecule has 0 saturated carbocycles. The Morgan fingerprint density at radius 1 is 1.10 bits per heavy atom. The lowest BCUT2D eigenvalue weighted by atomic mass is 9.82. The molecule has 154 valence electrons. The summed E-state index contributed by atoms with van der Waals surface area (Å²) in [6.45, 7) is 1.32. The van der Waals surface area contributed by atoms with Gasteiger partial charge in [-0.15, -0.1) is 0 Å². The summed E-state index contributed by atoms with van der Waals surface area (Å²) < 4.78 is 35.0. The number of ether oxygens (including phenoxy) is 2. The number of carbonyl (C=O) groups excluding carboxylic acids is 1. The third kappa shape index (κ3) is 4.46. The highest BCUT2D eigenvalue weighted by atomic mass is 32.2. The SMILES string of the molecule is CS(=O)(=O)c1ccc(CC(=O)NC2CC3(CCOCC3)Oc3ccccc32)cc1. The van der Waals surface area contributed by atoms with Crippen LogP contribution >= 0.6 is 0 Å². The molecule has 6 nitrogen and oxygen atoms in total. The van der Waals surface area contributed by atoms with Crippen molar-refractivity contribution in [2.45, 2.75) is 42.2 Å². The van der Waals surface area contributed by atoms with Gasteiger partial charge in [0.25, 0.3) is 0 Å². The minimum absolute atomic E-state index is 0.0963. The summed E-state index contributed by atoms with van der Waals surface area (Å²) in [5, 5.41) is 3.16. The van der Waals surface area contributed by atoms with E-state index < -0.39 is 9.84 Å². The predicted octanol–water partition coefficient (Wildman–Crippen LogP) is 2.82. The molecule has 2 aromatic carbocycles. The van der Waals surface area contributed by atoms with Crippen LogP contribution in [0.1, 0.15) is 36.4 Å². The van der Waals surface area contributed by atoms with Crippen molar-refractivity contribution in [1.82, 2.24) is 5.32 Å². The number of fused-ring (bicyclic) bond motifs is 1. The number of rotatable bonds is 4. The van der Waals surface area contributed by atoms with Crippen LogP contribution in [0.15, 0.2) is 53.4 Å². The number of nitrogens with one attached hydrogen (secondary N) is 1. The highest BCUT2D eigenvalue weighted by Crippen LogP contribution is 2.43. The van der Waals surface area contributed by atoms with Gasteiger partial charge in [0.15, 0.2) is 9.84 Å². The van der Waals surface area contributed by atoms with E-state index in [1.165, 1.54) is 6.26 Å². The molecule has 0 aliphatic carbocycles. The second-order valence-corrected chi connectivity index (χ2v) is 9.87.